The molecule has 4 heteroatoms. The van der Waals surface area contributed by atoms with Crippen LogP contribution in [0.4, 0.5) is 0 Å². The van der Waals surface area contributed by atoms with Crippen LogP contribution in [0.2, 0.25) is 0 Å². The molecule has 0 heterocycles. The van der Waals surface area contributed by atoms with Gasteiger partial charge in [-0.15, -0.1) is 12.4 Å². The summed E-state index contributed by atoms with van der Waals surface area (Å²) in [5.74, 6) is -0.124. The lowest BCUT2D eigenvalue weighted by Gasteiger charge is -2.20. The zero-order valence-corrected chi connectivity index (χ0v) is 13.7. The molecule has 0 saturated carbocycles. The first-order chi connectivity index (χ1) is 10.1. The van der Waals surface area contributed by atoms with Gasteiger partial charge in [-0.05, 0) is 38.2 Å². The first-order valence-electron chi connectivity index (χ1n) is 7.09. The molecule has 3 nitrogen and oxygen atoms in total. The van der Waals surface area contributed by atoms with Gasteiger partial charge in [-0.3, -0.25) is 4.79 Å². The van der Waals surface area contributed by atoms with E-state index in [1.54, 1.807) is 24.3 Å². The van der Waals surface area contributed by atoms with Crippen LogP contribution in [0.5, 0.6) is 5.75 Å². The molecule has 2 aromatic rings. The van der Waals surface area contributed by atoms with Gasteiger partial charge in [-0.1, -0.05) is 42.5 Å². The molecule has 0 aliphatic rings. The van der Waals surface area contributed by atoms with Gasteiger partial charge < -0.3 is 10.0 Å². The Morgan fingerprint density at radius 3 is 2.23 bits per heavy atom. The van der Waals surface area contributed by atoms with Crippen molar-refractivity contribution in [1.29, 1.82) is 0 Å². The van der Waals surface area contributed by atoms with Gasteiger partial charge in [0.15, 0.2) is 5.78 Å². The van der Waals surface area contributed by atoms with E-state index in [1.165, 1.54) is 0 Å². The Balaban J connectivity index is 0.00000242. The van der Waals surface area contributed by atoms with Crippen LogP contribution in [0.3, 0.4) is 0 Å². The van der Waals surface area contributed by atoms with Crippen molar-refractivity contribution < 1.29 is 9.90 Å². The number of hydrogen-bond donors (Lipinski definition) is 1. The number of phenolic OH excluding ortho intramolecular Hbond substituents is 1. The number of phenols is 1. The van der Waals surface area contributed by atoms with Crippen LogP contribution in [-0.2, 0) is 6.42 Å². The normalized spacial score (nSPS) is 11.8. The van der Waals surface area contributed by atoms with Gasteiger partial charge in [0.2, 0.25) is 0 Å². The molecular weight excluding hydrogens is 298 g/mol. The second kappa shape index (κ2) is 8.57. The number of benzene rings is 2. The molecule has 1 atom stereocenters. The van der Waals surface area contributed by atoms with Crippen LogP contribution in [-0.4, -0.2) is 36.4 Å². The minimum atomic E-state index is -0.171. The average molecular weight is 320 g/mol. The van der Waals surface area contributed by atoms with E-state index < -0.39 is 0 Å². The molecule has 0 saturated heterocycles. The van der Waals surface area contributed by atoms with Gasteiger partial charge in [0.05, 0.1) is 5.56 Å². The molecule has 0 bridgehead atoms. The summed E-state index contributed by atoms with van der Waals surface area (Å²) in [4.78, 5) is 14.7. The smallest absolute Gasteiger partial charge is 0.171 e. The van der Waals surface area contributed by atoms with Crippen LogP contribution in [0.25, 0.3) is 0 Å². The van der Waals surface area contributed by atoms with Crippen molar-refractivity contribution in [3.05, 3.63) is 65.7 Å². The maximum atomic E-state index is 12.7. The minimum Gasteiger partial charge on any atom is -0.507 e. The number of Topliss-reactive ketones (excluding diaryl/α,β-unsaturated/α-hetero) is 1. The summed E-state index contributed by atoms with van der Waals surface area (Å²) in [6, 6.07) is 16.7. The van der Waals surface area contributed by atoms with Crippen molar-refractivity contribution in [3.8, 4) is 5.75 Å². The lowest BCUT2D eigenvalue weighted by Crippen LogP contribution is -2.29. The van der Waals surface area contributed by atoms with Crippen molar-refractivity contribution in [1.82, 2.24) is 4.90 Å². The second-order valence-corrected chi connectivity index (χ2v) is 5.53. The summed E-state index contributed by atoms with van der Waals surface area (Å²) in [5.41, 5.74) is 1.54. The van der Waals surface area contributed by atoms with E-state index in [4.69, 9.17) is 0 Å². The maximum Gasteiger partial charge on any atom is 0.171 e. The van der Waals surface area contributed by atoms with Gasteiger partial charge >= 0.3 is 0 Å². The Bertz CT molecular complexity index is 599. The van der Waals surface area contributed by atoms with Crippen LogP contribution in [0.15, 0.2) is 54.6 Å². The fraction of sp³-hybridized carbons (Fsp3) is 0.278. The third-order valence-corrected chi connectivity index (χ3v) is 3.45. The molecule has 1 N–H and O–H groups in total. The molecule has 0 radical (unpaired) electrons. The van der Waals surface area contributed by atoms with Gasteiger partial charge in [0.1, 0.15) is 5.75 Å². The van der Waals surface area contributed by atoms with Crippen molar-refractivity contribution in [2.75, 3.05) is 20.6 Å². The standard InChI is InChI=1S/C18H21NO2.ClH/c1-19(2)13-15(12-14-8-4-3-5-9-14)18(21)16-10-6-7-11-17(16)20;/h3-11,15,20H,12-13H2,1-2H3;1H. The Morgan fingerprint density at radius 2 is 1.64 bits per heavy atom. The fourth-order valence-corrected chi connectivity index (χ4v) is 2.48. The van der Waals surface area contributed by atoms with Crippen LogP contribution < -0.4 is 0 Å². The first-order valence-corrected chi connectivity index (χ1v) is 7.09. The van der Waals surface area contributed by atoms with Gasteiger partial charge in [-0.2, -0.15) is 0 Å². The van der Waals surface area contributed by atoms with Crippen molar-refractivity contribution in [2.24, 2.45) is 5.92 Å². The molecule has 1 unspecified atom stereocenters. The number of rotatable bonds is 6. The van der Waals surface area contributed by atoms with E-state index in [2.05, 4.69) is 0 Å². The maximum absolute atomic E-state index is 12.7. The number of para-hydroxylation sites is 1. The zero-order chi connectivity index (χ0) is 15.2. The van der Waals surface area contributed by atoms with Crippen molar-refractivity contribution in [3.63, 3.8) is 0 Å². The Morgan fingerprint density at radius 1 is 1.05 bits per heavy atom. The SMILES string of the molecule is CN(C)CC(Cc1ccccc1)C(=O)c1ccccc1O.Cl. The summed E-state index contributed by atoms with van der Waals surface area (Å²) >= 11 is 0. The number of hydrogen-bond acceptors (Lipinski definition) is 3. The highest BCUT2D eigenvalue weighted by Crippen LogP contribution is 2.22. The van der Waals surface area contributed by atoms with Crippen LogP contribution >= 0.6 is 12.4 Å². The number of nitrogens with zero attached hydrogens (tertiary/aromatic N) is 1. The summed E-state index contributed by atoms with van der Waals surface area (Å²) in [6.07, 6.45) is 0.673. The molecule has 0 aromatic heterocycles. The Hall–Kier alpha value is -1.84. The lowest BCUT2D eigenvalue weighted by molar-refractivity contribution is 0.0894. The predicted molar refractivity (Wildman–Crippen MR) is 91.9 cm³/mol. The highest BCUT2D eigenvalue weighted by atomic mass is 35.5. The molecule has 2 rings (SSSR count). The molecule has 0 aliphatic carbocycles. The van der Waals surface area contributed by atoms with E-state index in [0.29, 0.717) is 18.5 Å². The molecule has 0 spiro atoms. The van der Waals surface area contributed by atoms with E-state index in [0.717, 1.165) is 5.56 Å². The third kappa shape index (κ3) is 4.86. The first kappa shape index (κ1) is 18.2. The Kier molecular flexibility index (Phi) is 7.09. The summed E-state index contributed by atoms with van der Waals surface area (Å²) in [5, 5.41) is 9.90. The second-order valence-electron chi connectivity index (χ2n) is 5.53. The summed E-state index contributed by atoms with van der Waals surface area (Å²) in [6.45, 7) is 0.655. The van der Waals surface area contributed by atoms with Gasteiger partial charge in [0.25, 0.3) is 0 Å². The summed E-state index contributed by atoms with van der Waals surface area (Å²) < 4.78 is 0. The third-order valence-electron chi connectivity index (χ3n) is 3.45. The van der Waals surface area contributed by atoms with Crippen LogP contribution in [0, 0.1) is 5.92 Å². The van der Waals surface area contributed by atoms with Crippen molar-refractivity contribution in [2.45, 2.75) is 6.42 Å². The topological polar surface area (TPSA) is 40.5 Å². The molecule has 118 valence electrons. The van der Waals surface area contributed by atoms with E-state index in [9.17, 15) is 9.90 Å². The summed E-state index contributed by atoms with van der Waals surface area (Å²) in [7, 11) is 3.91. The molecule has 0 fully saturated rings. The van der Waals surface area contributed by atoms with E-state index in [1.807, 2.05) is 49.3 Å². The zero-order valence-electron chi connectivity index (χ0n) is 12.9. The van der Waals surface area contributed by atoms with Gasteiger partial charge in [-0.25, -0.2) is 0 Å². The van der Waals surface area contributed by atoms with Gasteiger partial charge in [0, 0.05) is 12.5 Å². The molecular formula is C18H22ClNO2. The van der Waals surface area contributed by atoms with E-state index >= 15 is 0 Å². The van der Waals surface area contributed by atoms with Crippen molar-refractivity contribution >= 4 is 18.2 Å². The Labute approximate surface area is 138 Å². The van der Waals surface area contributed by atoms with E-state index in [-0.39, 0.29) is 29.9 Å². The number of halogens is 1. The van der Waals surface area contributed by atoms with Crippen LogP contribution in [0.1, 0.15) is 15.9 Å². The highest BCUT2D eigenvalue weighted by Gasteiger charge is 2.23. The molecule has 22 heavy (non-hydrogen) atoms. The molecule has 0 amide bonds. The number of carbonyl (C=O) groups is 1. The minimum absolute atomic E-state index is 0. The fourth-order valence-electron chi connectivity index (χ4n) is 2.48. The number of aromatic hydroxyl groups is 1. The number of carbonyl (C=O) groups excluding carboxylic acids is 1. The molecule has 2 aromatic carbocycles. The monoisotopic (exact) mass is 319 g/mol. The molecule has 0 aliphatic heterocycles. The highest BCUT2D eigenvalue weighted by molar-refractivity contribution is 6.00. The average Bonchev–Trinajstić information content (AvgIpc) is 2.47. The predicted octanol–water partition coefficient (Wildman–Crippen LogP) is 3.42. The largest absolute Gasteiger partial charge is 0.507 e. The number of ketones is 1. The quantitative estimate of drug-likeness (QED) is 0.829. The lowest BCUT2D eigenvalue weighted by atomic mass is 9.90.